The molecule has 0 radical (unpaired) electrons. The molecule has 1 aromatic rings. The summed E-state index contributed by atoms with van der Waals surface area (Å²) in [5.41, 5.74) is -0.0657. The minimum atomic E-state index is -0.0657. The van der Waals surface area contributed by atoms with E-state index in [1.165, 1.54) is 6.42 Å². The molecule has 1 aliphatic rings. The fourth-order valence-electron chi connectivity index (χ4n) is 2.14. The second-order valence-electron chi connectivity index (χ2n) is 4.69. The molecule has 2 rings (SSSR count). The van der Waals surface area contributed by atoms with Crippen molar-refractivity contribution in [3.8, 4) is 5.75 Å². The van der Waals surface area contributed by atoms with Crippen LogP contribution in [-0.2, 0) is 0 Å². The van der Waals surface area contributed by atoms with Crippen LogP contribution in [0, 0.1) is 0 Å². The van der Waals surface area contributed by atoms with Gasteiger partial charge in [-0.2, -0.15) is 0 Å². The highest BCUT2D eigenvalue weighted by Crippen LogP contribution is 2.43. The fourth-order valence-corrected chi connectivity index (χ4v) is 2.97. The van der Waals surface area contributed by atoms with Crippen LogP contribution in [0.3, 0.4) is 0 Å². The molecule has 5 heteroatoms. The molecule has 0 bridgehead atoms. The zero-order valence-electron chi connectivity index (χ0n) is 10.2. The topological polar surface area (TPSA) is 21.3 Å². The third kappa shape index (κ3) is 3.13. The van der Waals surface area contributed by atoms with Crippen molar-refractivity contribution < 1.29 is 4.74 Å². The van der Waals surface area contributed by atoms with Gasteiger partial charge in [0.15, 0.2) is 0 Å². The normalized spacial score (nSPS) is 17.3. The fraction of sp³-hybridized carbons (Fsp3) is 0.538. The van der Waals surface area contributed by atoms with Crippen molar-refractivity contribution in [2.45, 2.75) is 31.3 Å². The van der Waals surface area contributed by atoms with Gasteiger partial charge in [0, 0.05) is 10.5 Å². The van der Waals surface area contributed by atoms with Crippen LogP contribution in [-0.4, -0.2) is 19.2 Å². The van der Waals surface area contributed by atoms with E-state index in [4.69, 9.17) is 27.9 Å². The molecule has 0 aromatic heterocycles. The average Bonchev–Trinajstić information content (AvgIpc) is 2.28. The van der Waals surface area contributed by atoms with E-state index in [1.54, 1.807) is 12.1 Å². The number of hydrogen-bond acceptors (Lipinski definition) is 2. The van der Waals surface area contributed by atoms with Crippen LogP contribution in [0.15, 0.2) is 16.6 Å². The van der Waals surface area contributed by atoms with E-state index < -0.39 is 0 Å². The van der Waals surface area contributed by atoms with E-state index in [0.717, 1.165) is 30.3 Å². The zero-order chi connectivity index (χ0) is 13.2. The smallest absolute Gasteiger partial charge is 0.140 e. The van der Waals surface area contributed by atoms with Gasteiger partial charge < -0.3 is 10.1 Å². The van der Waals surface area contributed by atoms with E-state index in [0.29, 0.717) is 15.8 Å². The maximum atomic E-state index is 6.19. The quantitative estimate of drug-likeness (QED) is 0.777. The molecule has 0 unspecified atom stereocenters. The Morgan fingerprint density at radius 3 is 2.61 bits per heavy atom. The highest BCUT2D eigenvalue weighted by atomic mass is 79.9. The molecule has 1 saturated carbocycles. The lowest BCUT2D eigenvalue weighted by atomic mass is 9.77. The first-order chi connectivity index (χ1) is 8.56. The Hall–Kier alpha value is 0.0400. The standard InChI is InChI=1S/C13H16BrCl2NO/c1-17-6-5-13(3-2-4-13)18-12-8-10(15)9(14)7-11(12)16/h7-8,17H,2-6H2,1H3. The van der Waals surface area contributed by atoms with E-state index in [-0.39, 0.29) is 5.60 Å². The third-order valence-electron chi connectivity index (χ3n) is 3.40. The predicted octanol–water partition coefficient (Wildman–Crippen LogP) is 4.67. The van der Waals surface area contributed by atoms with Gasteiger partial charge in [-0.15, -0.1) is 0 Å². The summed E-state index contributed by atoms with van der Waals surface area (Å²) in [6.07, 6.45) is 4.37. The summed E-state index contributed by atoms with van der Waals surface area (Å²) in [6.45, 7) is 0.946. The van der Waals surface area contributed by atoms with E-state index >= 15 is 0 Å². The summed E-state index contributed by atoms with van der Waals surface area (Å²) < 4.78 is 6.92. The van der Waals surface area contributed by atoms with Crippen molar-refractivity contribution in [2.75, 3.05) is 13.6 Å². The molecule has 18 heavy (non-hydrogen) atoms. The molecule has 0 heterocycles. The van der Waals surface area contributed by atoms with Crippen LogP contribution in [0.4, 0.5) is 0 Å². The van der Waals surface area contributed by atoms with Crippen LogP contribution in [0.5, 0.6) is 5.75 Å². The Kier molecular flexibility index (Phi) is 4.81. The minimum absolute atomic E-state index is 0.0657. The maximum Gasteiger partial charge on any atom is 0.140 e. The Morgan fingerprint density at radius 1 is 1.33 bits per heavy atom. The van der Waals surface area contributed by atoms with Gasteiger partial charge in [0.1, 0.15) is 11.4 Å². The SMILES string of the molecule is CNCCC1(Oc2cc(Cl)c(Br)cc2Cl)CCC1. The first kappa shape index (κ1) is 14.4. The molecular weight excluding hydrogens is 337 g/mol. The van der Waals surface area contributed by atoms with E-state index in [9.17, 15) is 0 Å². The van der Waals surface area contributed by atoms with Gasteiger partial charge in [-0.05, 0) is 61.3 Å². The molecule has 0 spiro atoms. The average molecular weight is 353 g/mol. The molecular formula is C13H16BrCl2NO. The Bertz CT molecular complexity index is 435. The number of rotatable bonds is 5. The summed E-state index contributed by atoms with van der Waals surface area (Å²) in [6, 6.07) is 3.57. The second-order valence-corrected chi connectivity index (χ2v) is 6.36. The highest BCUT2D eigenvalue weighted by Gasteiger charge is 2.39. The third-order valence-corrected chi connectivity index (χ3v) is 4.89. The van der Waals surface area contributed by atoms with Gasteiger partial charge in [-0.25, -0.2) is 0 Å². The van der Waals surface area contributed by atoms with Gasteiger partial charge in [0.2, 0.25) is 0 Å². The summed E-state index contributed by atoms with van der Waals surface area (Å²) in [4.78, 5) is 0. The van der Waals surface area contributed by atoms with Crippen molar-refractivity contribution in [3.05, 3.63) is 26.7 Å². The largest absolute Gasteiger partial charge is 0.486 e. The summed E-state index contributed by atoms with van der Waals surface area (Å²) >= 11 is 15.6. The molecule has 1 aliphatic carbocycles. The predicted molar refractivity (Wildman–Crippen MR) is 79.9 cm³/mol. The van der Waals surface area contributed by atoms with Gasteiger partial charge in [-0.3, -0.25) is 0 Å². The first-order valence-electron chi connectivity index (χ1n) is 6.04. The summed E-state index contributed by atoms with van der Waals surface area (Å²) in [7, 11) is 1.95. The molecule has 2 nitrogen and oxygen atoms in total. The number of nitrogens with one attached hydrogen (secondary N) is 1. The lowest BCUT2D eigenvalue weighted by Crippen LogP contribution is -2.45. The molecule has 0 aliphatic heterocycles. The van der Waals surface area contributed by atoms with Gasteiger partial charge in [-0.1, -0.05) is 23.2 Å². The molecule has 0 saturated heterocycles. The van der Waals surface area contributed by atoms with Crippen molar-refractivity contribution in [3.63, 3.8) is 0 Å². The molecule has 0 atom stereocenters. The van der Waals surface area contributed by atoms with E-state index in [1.807, 2.05) is 7.05 Å². The van der Waals surface area contributed by atoms with Crippen molar-refractivity contribution in [1.82, 2.24) is 5.32 Å². The molecule has 1 fully saturated rings. The minimum Gasteiger partial charge on any atom is -0.486 e. The number of halogens is 3. The van der Waals surface area contributed by atoms with Crippen molar-refractivity contribution in [1.29, 1.82) is 0 Å². The number of benzene rings is 1. The van der Waals surface area contributed by atoms with Gasteiger partial charge in [0.25, 0.3) is 0 Å². The van der Waals surface area contributed by atoms with Crippen LogP contribution >= 0.6 is 39.1 Å². The Balaban J connectivity index is 2.14. The Morgan fingerprint density at radius 2 is 2.06 bits per heavy atom. The van der Waals surface area contributed by atoms with Gasteiger partial charge >= 0.3 is 0 Å². The number of hydrogen-bond donors (Lipinski definition) is 1. The highest BCUT2D eigenvalue weighted by molar-refractivity contribution is 9.10. The first-order valence-corrected chi connectivity index (χ1v) is 7.59. The summed E-state index contributed by atoms with van der Waals surface area (Å²) in [5.74, 6) is 0.681. The van der Waals surface area contributed by atoms with Crippen LogP contribution in [0.25, 0.3) is 0 Å². The molecule has 100 valence electrons. The lowest BCUT2D eigenvalue weighted by molar-refractivity contribution is -0.0138. The molecule has 0 amide bonds. The second kappa shape index (κ2) is 6.00. The Labute approximate surface area is 126 Å². The van der Waals surface area contributed by atoms with Crippen LogP contribution in [0.1, 0.15) is 25.7 Å². The molecule has 1 aromatic carbocycles. The van der Waals surface area contributed by atoms with Crippen molar-refractivity contribution >= 4 is 39.1 Å². The van der Waals surface area contributed by atoms with E-state index in [2.05, 4.69) is 21.2 Å². The van der Waals surface area contributed by atoms with Crippen molar-refractivity contribution in [2.24, 2.45) is 0 Å². The van der Waals surface area contributed by atoms with Crippen LogP contribution < -0.4 is 10.1 Å². The summed E-state index contributed by atoms with van der Waals surface area (Å²) in [5, 5.41) is 4.39. The monoisotopic (exact) mass is 351 g/mol. The zero-order valence-corrected chi connectivity index (χ0v) is 13.3. The lowest BCUT2D eigenvalue weighted by Gasteiger charge is -2.42. The molecule has 1 N–H and O–H groups in total. The number of ether oxygens (including phenoxy) is 1. The maximum absolute atomic E-state index is 6.19. The van der Waals surface area contributed by atoms with Gasteiger partial charge in [0.05, 0.1) is 10.0 Å². The van der Waals surface area contributed by atoms with Crippen LogP contribution in [0.2, 0.25) is 10.0 Å².